The molecule has 0 aliphatic heterocycles. The molecular formula is C17H21N3O2. The first kappa shape index (κ1) is 15.9. The smallest absolute Gasteiger partial charge is 0.354 e. The van der Waals surface area contributed by atoms with Crippen molar-refractivity contribution in [3.05, 3.63) is 41.6 Å². The second-order valence-electron chi connectivity index (χ2n) is 4.96. The van der Waals surface area contributed by atoms with Crippen LogP contribution in [0.2, 0.25) is 0 Å². The first-order chi connectivity index (χ1) is 10.6. The van der Waals surface area contributed by atoms with Gasteiger partial charge in [-0.25, -0.2) is 14.8 Å². The zero-order valence-corrected chi connectivity index (χ0v) is 13.2. The number of carboxylic acid groups (broad SMARTS) is 1. The van der Waals surface area contributed by atoms with Crippen molar-refractivity contribution in [3.63, 3.8) is 0 Å². The Hall–Kier alpha value is -2.43. The molecule has 0 saturated carbocycles. The van der Waals surface area contributed by atoms with Gasteiger partial charge in [0, 0.05) is 24.7 Å². The first-order valence-corrected chi connectivity index (χ1v) is 7.55. The van der Waals surface area contributed by atoms with Crippen molar-refractivity contribution >= 4 is 11.8 Å². The Kier molecular flexibility index (Phi) is 5.09. The van der Waals surface area contributed by atoms with Crippen molar-refractivity contribution in [2.75, 3.05) is 18.0 Å². The summed E-state index contributed by atoms with van der Waals surface area (Å²) in [5.74, 6) is 0.0543. The second kappa shape index (κ2) is 7.02. The summed E-state index contributed by atoms with van der Waals surface area (Å²) in [6, 6.07) is 9.43. The van der Waals surface area contributed by atoms with E-state index in [4.69, 9.17) is 0 Å². The summed E-state index contributed by atoms with van der Waals surface area (Å²) in [4.78, 5) is 22.0. The van der Waals surface area contributed by atoms with E-state index in [1.807, 2.05) is 43.0 Å². The molecular weight excluding hydrogens is 278 g/mol. The number of hydrogen-bond donors (Lipinski definition) is 1. The van der Waals surface area contributed by atoms with Gasteiger partial charge < -0.3 is 10.0 Å². The molecule has 0 saturated heterocycles. The van der Waals surface area contributed by atoms with Crippen molar-refractivity contribution in [2.24, 2.45) is 0 Å². The highest BCUT2D eigenvalue weighted by molar-refractivity contribution is 5.87. The van der Waals surface area contributed by atoms with Gasteiger partial charge in [-0.05, 0) is 25.8 Å². The SMILES string of the molecule is CCc1ccc(-c2nc(C(=O)O)cc(N(CC)CC)n2)cc1. The van der Waals surface area contributed by atoms with Crippen LogP contribution in [0.25, 0.3) is 11.4 Å². The van der Waals surface area contributed by atoms with Crippen LogP contribution in [0.5, 0.6) is 0 Å². The summed E-state index contributed by atoms with van der Waals surface area (Å²) in [7, 11) is 0. The van der Waals surface area contributed by atoms with Crippen LogP contribution in [0.15, 0.2) is 30.3 Å². The summed E-state index contributed by atoms with van der Waals surface area (Å²) < 4.78 is 0. The molecule has 1 N–H and O–H groups in total. The third-order valence-electron chi connectivity index (χ3n) is 3.64. The Morgan fingerprint density at radius 2 is 1.73 bits per heavy atom. The molecule has 2 aromatic rings. The van der Waals surface area contributed by atoms with Crippen LogP contribution in [-0.2, 0) is 6.42 Å². The normalized spacial score (nSPS) is 10.5. The number of carboxylic acids is 1. The van der Waals surface area contributed by atoms with Crippen LogP contribution < -0.4 is 4.90 Å². The van der Waals surface area contributed by atoms with E-state index in [9.17, 15) is 9.90 Å². The lowest BCUT2D eigenvalue weighted by Gasteiger charge is -2.20. The Balaban J connectivity index is 2.51. The molecule has 0 fully saturated rings. The monoisotopic (exact) mass is 299 g/mol. The highest BCUT2D eigenvalue weighted by Crippen LogP contribution is 2.21. The average molecular weight is 299 g/mol. The minimum absolute atomic E-state index is 0.0199. The Morgan fingerprint density at radius 1 is 1.09 bits per heavy atom. The molecule has 5 nitrogen and oxygen atoms in total. The number of nitrogens with zero attached hydrogens (tertiary/aromatic N) is 3. The molecule has 0 bridgehead atoms. The lowest BCUT2D eigenvalue weighted by molar-refractivity contribution is 0.0690. The van der Waals surface area contributed by atoms with Gasteiger partial charge in [-0.1, -0.05) is 31.2 Å². The molecule has 5 heteroatoms. The van der Waals surface area contributed by atoms with Gasteiger partial charge in [-0.3, -0.25) is 0 Å². The van der Waals surface area contributed by atoms with Crippen LogP contribution in [0, 0.1) is 0 Å². The van der Waals surface area contributed by atoms with Gasteiger partial charge in [-0.15, -0.1) is 0 Å². The van der Waals surface area contributed by atoms with Crippen LogP contribution in [0.1, 0.15) is 36.8 Å². The van der Waals surface area contributed by atoms with E-state index in [-0.39, 0.29) is 5.69 Å². The molecule has 22 heavy (non-hydrogen) atoms. The van der Waals surface area contributed by atoms with Crippen molar-refractivity contribution in [1.82, 2.24) is 9.97 Å². The maximum Gasteiger partial charge on any atom is 0.354 e. The van der Waals surface area contributed by atoms with E-state index in [0.29, 0.717) is 11.6 Å². The van der Waals surface area contributed by atoms with E-state index in [0.717, 1.165) is 25.1 Å². The molecule has 1 aromatic heterocycles. The summed E-state index contributed by atoms with van der Waals surface area (Å²) in [5, 5.41) is 9.28. The predicted octanol–water partition coefficient (Wildman–Crippen LogP) is 3.25. The number of anilines is 1. The highest BCUT2D eigenvalue weighted by Gasteiger charge is 2.14. The van der Waals surface area contributed by atoms with Gasteiger partial charge >= 0.3 is 5.97 Å². The van der Waals surface area contributed by atoms with E-state index >= 15 is 0 Å². The van der Waals surface area contributed by atoms with Gasteiger partial charge in [0.1, 0.15) is 5.82 Å². The molecule has 0 atom stereocenters. The number of carbonyl (C=O) groups is 1. The minimum atomic E-state index is -1.04. The zero-order valence-electron chi connectivity index (χ0n) is 13.2. The standard InChI is InChI=1S/C17H21N3O2/c1-4-12-7-9-13(10-8-12)16-18-14(17(21)22)11-15(19-16)20(5-2)6-3/h7-11H,4-6H2,1-3H3,(H,21,22). The van der Waals surface area contributed by atoms with Crippen LogP contribution in [0.3, 0.4) is 0 Å². The van der Waals surface area contributed by atoms with E-state index in [1.54, 1.807) is 0 Å². The Bertz CT molecular complexity index is 649. The molecule has 1 heterocycles. The lowest BCUT2D eigenvalue weighted by Crippen LogP contribution is -2.24. The van der Waals surface area contributed by atoms with Crippen molar-refractivity contribution in [3.8, 4) is 11.4 Å². The van der Waals surface area contributed by atoms with E-state index in [2.05, 4.69) is 16.9 Å². The number of rotatable bonds is 6. The van der Waals surface area contributed by atoms with Crippen LogP contribution >= 0.6 is 0 Å². The quantitative estimate of drug-likeness (QED) is 0.887. The van der Waals surface area contributed by atoms with Crippen LogP contribution in [0.4, 0.5) is 5.82 Å². The van der Waals surface area contributed by atoms with Gasteiger partial charge in [0.25, 0.3) is 0 Å². The molecule has 0 aliphatic rings. The topological polar surface area (TPSA) is 66.3 Å². The summed E-state index contributed by atoms with van der Waals surface area (Å²) in [6.07, 6.45) is 0.959. The third-order valence-corrected chi connectivity index (χ3v) is 3.64. The highest BCUT2D eigenvalue weighted by atomic mass is 16.4. The lowest BCUT2D eigenvalue weighted by atomic mass is 10.1. The third kappa shape index (κ3) is 3.42. The number of aryl methyl sites for hydroxylation is 1. The molecule has 0 aliphatic carbocycles. The molecule has 0 spiro atoms. The fraction of sp³-hybridized carbons (Fsp3) is 0.353. The summed E-state index contributed by atoms with van der Waals surface area (Å²) in [6.45, 7) is 7.65. The fourth-order valence-corrected chi connectivity index (χ4v) is 2.27. The summed E-state index contributed by atoms with van der Waals surface area (Å²) >= 11 is 0. The minimum Gasteiger partial charge on any atom is -0.477 e. The Morgan fingerprint density at radius 3 is 2.23 bits per heavy atom. The van der Waals surface area contributed by atoms with Gasteiger partial charge in [0.15, 0.2) is 11.5 Å². The van der Waals surface area contributed by atoms with Gasteiger partial charge in [-0.2, -0.15) is 0 Å². The van der Waals surface area contributed by atoms with Crippen molar-refractivity contribution < 1.29 is 9.90 Å². The molecule has 0 amide bonds. The maximum absolute atomic E-state index is 11.3. The predicted molar refractivity (Wildman–Crippen MR) is 87.4 cm³/mol. The van der Waals surface area contributed by atoms with Crippen LogP contribution in [-0.4, -0.2) is 34.1 Å². The second-order valence-corrected chi connectivity index (χ2v) is 4.96. The number of aromatic carboxylic acids is 1. The number of hydrogen-bond acceptors (Lipinski definition) is 4. The average Bonchev–Trinajstić information content (AvgIpc) is 2.56. The molecule has 2 rings (SSSR count). The largest absolute Gasteiger partial charge is 0.477 e. The first-order valence-electron chi connectivity index (χ1n) is 7.55. The summed E-state index contributed by atoms with van der Waals surface area (Å²) in [5.41, 5.74) is 2.07. The van der Waals surface area contributed by atoms with Gasteiger partial charge in [0.05, 0.1) is 0 Å². The molecule has 1 aromatic carbocycles. The van der Waals surface area contributed by atoms with Gasteiger partial charge in [0.2, 0.25) is 0 Å². The zero-order chi connectivity index (χ0) is 16.1. The maximum atomic E-state index is 11.3. The number of benzene rings is 1. The van der Waals surface area contributed by atoms with E-state index in [1.165, 1.54) is 11.6 Å². The Labute approximate surface area is 130 Å². The van der Waals surface area contributed by atoms with Crippen molar-refractivity contribution in [2.45, 2.75) is 27.2 Å². The number of aromatic nitrogens is 2. The fourth-order valence-electron chi connectivity index (χ4n) is 2.27. The van der Waals surface area contributed by atoms with E-state index < -0.39 is 5.97 Å². The van der Waals surface area contributed by atoms with Crippen molar-refractivity contribution in [1.29, 1.82) is 0 Å². The molecule has 0 unspecified atom stereocenters. The molecule has 0 radical (unpaired) electrons. The molecule has 116 valence electrons.